The summed E-state index contributed by atoms with van der Waals surface area (Å²) in [6, 6.07) is 8.60. The number of hydrogen-bond acceptors (Lipinski definition) is 8. The molecule has 32 heavy (non-hydrogen) atoms. The van der Waals surface area contributed by atoms with Gasteiger partial charge in [-0.1, -0.05) is 23.2 Å². The average Bonchev–Trinajstić information content (AvgIpc) is 3.22. The molecular weight excluding hydrogens is 455 g/mol. The summed E-state index contributed by atoms with van der Waals surface area (Å²) in [4.78, 5) is 24.0. The molecule has 164 valence electrons. The summed E-state index contributed by atoms with van der Waals surface area (Å²) in [5.41, 5.74) is 8.04. The molecule has 0 saturated carbocycles. The van der Waals surface area contributed by atoms with Crippen LogP contribution in [0.3, 0.4) is 0 Å². The van der Waals surface area contributed by atoms with Gasteiger partial charge in [0.1, 0.15) is 11.5 Å². The van der Waals surface area contributed by atoms with Gasteiger partial charge in [-0.3, -0.25) is 14.5 Å². The topological polar surface area (TPSA) is 136 Å². The number of aromatic nitrogens is 4. The Kier molecular flexibility index (Phi) is 5.97. The van der Waals surface area contributed by atoms with Crippen molar-refractivity contribution >= 4 is 52.1 Å². The zero-order valence-corrected chi connectivity index (χ0v) is 18.4. The molecule has 12 heteroatoms. The third kappa shape index (κ3) is 4.23. The fourth-order valence-corrected chi connectivity index (χ4v) is 3.84. The van der Waals surface area contributed by atoms with E-state index in [0.717, 1.165) is 0 Å². The second-order valence-electron chi connectivity index (χ2n) is 6.83. The van der Waals surface area contributed by atoms with E-state index in [4.69, 9.17) is 28.9 Å². The Morgan fingerprint density at radius 3 is 2.75 bits per heavy atom. The quantitative estimate of drug-likeness (QED) is 0.267. The number of fused-ring (bicyclic) bond motifs is 1. The average molecular weight is 473 g/mol. The van der Waals surface area contributed by atoms with Crippen LogP contribution in [0.4, 0.5) is 23.3 Å². The standard InChI is InChI=1S/C20H18Cl2N8O2/c1-24-16-8-11(18(30(31)32)19(23)28-16)4-5-26-20-27-15(10-17-25-6-7-29(17)20)13-3-2-12(21)9-14(13)22/h2-3,6-10H,4-5H2,1H3,(H,26,27)(H3,23,24,28). The minimum Gasteiger partial charge on any atom is -0.378 e. The van der Waals surface area contributed by atoms with Gasteiger partial charge in [0.05, 0.1) is 15.6 Å². The largest absolute Gasteiger partial charge is 0.378 e. The molecule has 0 spiro atoms. The van der Waals surface area contributed by atoms with Crippen molar-refractivity contribution in [1.82, 2.24) is 19.4 Å². The van der Waals surface area contributed by atoms with Crippen molar-refractivity contribution in [2.24, 2.45) is 0 Å². The summed E-state index contributed by atoms with van der Waals surface area (Å²) in [7, 11) is 1.67. The van der Waals surface area contributed by atoms with E-state index in [2.05, 4.69) is 25.6 Å². The van der Waals surface area contributed by atoms with Crippen molar-refractivity contribution < 1.29 is 4.92 Å². The highest BCUT2D eigenvalue weighted by molar-refractivity contribution is 6.36. The first-order valence-corrected chi connectivity index (χ1v) is 10.3. The van der Waals surface area contributed by atoms with Gasteiger partial charge in [-0.2, -0.15) is 0 Å². The van der Waals surface area contributed by atoms with E-state index < -0.39 is 4.92 Å². The van der Waals surface area contributed by atoms with Crippen molar-refractivity contribution in [3.8, 4) is 11.3 Å². The van der Waals surface area contributed by atoms with Crippen LogP contribution in [0.1, 0.15) is 5.56 Å². The Balaban J connectivity index is 1.64. The third-order valence-electron chi connectivity index (χ3n) is 4.81. The Hall–Kier alpha value is -3.63. The maximum atomic E-state index is 11.5. The van der Waals surface area contributed by atoms with Crippen LogP contribution in [0.5, 0.6) is 0 Å². The number of nitrogens with two attached hydrogens (primary N) is 1. The monoisotopic (exact) mass is 472 g/mol. The fraction of sp³-hybridized carbons (Fsp3) is 0.150. The van der Waals surface area contributed by atoms with Crippen LogP contribution in [-0.2, 0) is 6.42 Å². The Labute approximate surface area is 192 Å². The zero-order chi connectivity index (χ0) is 22.8. The number of imidazole rings is 1. The summed E-state index contributed by atoms with van der Waals surface area (Å²) in [5.74, 6) is 0.837. The van der Waals surface area contributed by atoms with Gasteiger partial charge in [0.25, 0.3) is 0 Å². The fourth-order valence-electron chi connectivity index (χ4n) is 3.33. The highest BCUT2D eigenvalue weighted by Gasteiger charge is 2.21. The number of nitro groups is 1. The highest BCUT2D eigenvalue weighted by atomic mass is 35.5. The number of rotatable bonds is 7. The van der Waals surface area contributed by atoms with Crippen molar-refractivity contribution in [3.63, 3.8) is 0 Å². The van der Waals surface area contributed by atoms with Crippen LogP contribution < -0.4 is 16.4 Å². The highest BCUT2D eigenvalue weighted by Crippen LogP contribution is 2.31. The molecule has 3 heterocycles. The maximum absolute atomic E-state index is 11.5. The molecule has 0 saturated heterocycles. The summed E-state index contributed by atoms with van der Waals surface area (Å²) >= 11 is 12.4. The first-order chi connectivity index (χ1) is 15.4. The van der Waals surface area contributed by atoms with Gasteiger partial charge in [0.2, 0.25) is 11.8 Å². The number of nitrogens with one attached hydrogen (secondary N) is 2. The van der Waals surface area contributed by atoms with Crippen LogP contribution in [-0.4, -0.2) is 37.9 Å². The summed E-state index contributed by atoms with van der Waals surface area (Å²) in [5, 5.41) is 18.5. The molecule has 0 aliphatic rings. The van der Waals surface area contributed by atoms with Gasteiger partial charge in [-0.15, -0.1) is 0 Å². The predicted octanol–water partition coefficient (Wildman–Crippen LogP) is 4.28. The molecule has 1 aromatic carbocycles. The minimum atomic E-state index is -0.521. The number of benzene rings is 1. The summed E-state index contributed by atoms with van der Waals surface area (Å²) in [6.07, 6.45) is 3.74. The third-order valence-corrected chi connectivity index (χ3v) is 5.36. The second kappa shape index (κ2) is 8.85. The van der Waals surface area contributed by atoms with Gasteiger partial charge < -0.3 is 16.4 Å². The lowest BCUT2D eigenvalue weighted by molar-refractivity contribution is -0.384. The van der Waals surface area contributed by atoms with E-state index in [1.165, 1.54) is 0 Å². The number of pyridine rings is 1. The lowest BCUT2D eigenvalue weighted by Gasteiger charge is -2.12. The molecule has 0 aliphatic heterocycles. The predicted molar refractivity (Wildman–Crippen MR) is 125 cm³/mol. The second-order valence-corrected chi connectivity index (χ2v) is 7.67. The van der Waals surface area contributed by atoms with E-state index in [9.17, 15) is 10.1 Å². The molecule has 4 aromatic rings. The molecule has 0 atom stereocenters. The normalized spacial score (nSPS) is 11.0. The van der Waals surface area contributed by atoms with Crippen LogP contribution >= 0.6 is 23.2 Å². The van der Waals surface area contributed by atoms with Gasteiger partial charge in [-0.25, -0.2) is 15.0 Å². The smallest absolute Gasteiger partial charge is 0.314 e. The van der Waals surface area contributed by atoms with E-state index in [-0.39, 0.29) is 11.5 Å². The molecule has 0 aliphatic carbocycles. The number of halogens is 2. The van der Waals surface area contributed by atoms with E-state index in [0.29, 0.717) is 57.2 Å². The van der Waals surface area contributed by atoms with Crippen molar-refractivity contribution in [2.45, 2.75) is 6.42 Å². The van der Waals surface area contributed by atoms with E-state index in [1.54, 1.807) is 48.1 Å². The van der Waals surface area contributed by atoms with Gasteiger partial charge in [0, 0.05) is 48.2 Å². The van der Waals surface area contributed by atoms with Crippen LogP contribution in [0, 0.1) is 10.1 Å². The zero-order valence-electron chi connectivity index (χ0n) is 16.8. The first kappa shape index (κ1) is 21.6. The molecule has 4 rings (SSSR count). The number of hydrogen-bond donors (Lipinski definition) is 3. The first-order valence-electron chi connectivity index (χ1n) is 9.52. The summed E-state index contributed by atoms with van der Waals surface area (Å²) in [6.45, 7) is 0.353. The van der Waals surface area contributed by atoms with Crippen molar-refractivity contribution in [2.75, 3.05) is 30.0 Å². The van der Waals surface area contributed by atoms with Crippen LogP contribution in [0.15, 0.2) is 42.7 Å². The molecule has 4 N–H and O–H groups in total. The van der Waals surface area contributed by atoms with Crippen molar-refractivity contribution in [3.05, 3.63) is 68.4 Å². The Morgan fingerprint density at radius 2 is 2.03 bits per heavy atom. The van der Waals surface area contributed by atoms with E-state index >= 15 is 0 Å². The van der Waals surface area contributed by atoms with Gasteiger partial charge in [0.15, 0.2) is 0 Å². The van der Waals surface area contributed by atoms with Gasteiger partial charge >= 0.3 is 5.69 Å². The lowest BCUT2D eigenvalue weighted by atomic mass is 10.1. The van der Waals surface area contributed by atoms with Crippen LogP contribution in [0.2, 0.25) is 10.0 Å². The Morgan fingerprint density at radius 1 is 1.22 bits per heavy atom. The van der Waals surface area contributed by atoms with E-state index in [1.807, 2.05) is 6.07 Å². The molecule has 0 amide bonds. The number of nitrogen functional groups attached to an aromatic ring is 1. The molecule has 10 nitrogen and oxygen atoms in total. The van der Waals surface area contributed by atoms with Crippen molar-refractivity contribution in [1.29, 1.82) is 0 Å². The molecule has 0 unspecified atom stereocenters. The lowest BCUT2D eigenvalue weighted by Crippen LogP contribution is -2.13. The van der Waals surface area contributed by atoms with Crippen LogP contribution in [0.25, 0.3) is 16.9 Å². The summed E-state index contributed by atoms with van der Waals surface area (Å²) < 4.78 is 1.78. The molecule has 0 radical (unpaired) electrons. The number of anilines is 3. The molecule has 3 aromatic heterocycles. The Bertz CT molecular complexity index is 1320. The number of nitrogens with zero attached hydrogens (tertiary/aromatic N) is 5. The SMILES string of the molecule is CNc1cc(CCNc2nc(-c3ccc(Cl)cc3Cl)cc3nccn23)c([N+](=O)[O-])c(N)n1. The molecule has 0 bridgehead atoms. The van der Waals surface area contributed by atoms with Gasteiger partial charge in [-0.05, 0) is 30.7 Å². The molecule has 0 fully saturated rings. The maximum Gasteiger partial charge on any atom is 0.314 e. The molecular formula is C20H18Cl2N8O2. The minimum absolute atomic E-state index is 0.133.